The average Bonchev–Trinajstić information content (AvgIpc) is 3.21. The number of imidazole rings is 1. The van der Waals surface area contributed by atoms with E-state index in [1.807, 2.05) is 13.0 Å². The lowest BCUT2D eigenvalue weighted by Gasteiger charge is -2.19. The number of anilines is 2. The summed E-state index contributed by atoms with van der Waals surface area (Å²) in [4.78, 5) is 28.6. The normalized spacial score (nSPS) is 14.9. The zero-order valence-corrected chi connectivity index (χ0v) is 19.5. The van der Waals surface area contributed by atoms with Crippen molar-refractivity contribution in [2.75, 3.05) is 11.9 Å². The third-order valence-electron chi connectivity index (χ3n) is 5.87. The summed E-state index contributed by atoms with van der Waals surface area (Å²) >= 11 is 6.17. The summed E-state index contributed by atoms with van der Waals surface area (Å²) in [6.07, 6.45) is 9.08. The number of hydrogen-bond acceptors (Lipinski definition) is 6. The molecule has 10 heteroatoms. The molecule has 0 aliphatic heterocycles. The van der Waals surface area contributed by atoms with Gasteiger partial charge in [0.15, 0.2) is 23.2 Å². The predicted octanol–water partition coefficient (Wildman–Crippen LogP) is 6.41. The van der Waals surface area contributed by atoms with Gasteiger partial charge >= 0.3 is 0 Å². The Kier molecular flexibility index (Phi) is 7.72. The van der Waals surface area contributed by atoms with Crippen LogP contribution < -0.4 is 10.1 Å². The Labute approximate surface area is 201 Å². The van der Waals surface area contributed by atoms with Gasteiger partial charge in [0.2, 0.25) is 11.8 Å². The maximum absolute atomic E-state index is 12.9. The number of nitrogens with zero attached hydrogens (tertiary/aromatic N) is 3. The van der Waals surface area contributed by atoms with Gasteiger partial charge in [0.1, 0.15) is 0 Å². The second-order valence-electron chi connectivity index (χ2n) is 8.42. The third-order valence-corrected chi connectivity index (χ3v) is 6.16. The van der Waals surface area contributed by atoms with E-state index in [0.29, 0.717) is 23.1 Å². The number of ketones is 1. The summed E-state index contributed by atoms with van der Waals surface area (Å²) < 4.78 is 30.8. The van der Waals surface area contributed by atoms with E-state index in [2.05, 4.69) is 25.3 Å². The van der Waals surface area contributed by atoms with Gasteiger partial charge in [0, 0.05) is 6.20 Å². The number of fused-ring (bicyclic) bond motifs is 1. The van der Waals surface area contributed by atoms with E-state index in [9.17, 15) is 13.6 Å². The minimum atomic E-state index is -2.70. The number of alkyl halides is 2. The molecule has 0 atom stereocenters. The quantitative estimate of drug-likeness (QED) is 0.205. The molecule has 180 valence electrons. The molecule has 0 amide bonds. The lowest BCUT2D eigenvalue weighted by molar-refractivity contribution is 0.0783. The van der Waals surface area contributed by atoms with E-state index in [1.54, 1.807) is 12.3 Å². The molecule has 4 rings (SSSR count). The van der Waals surface area contributed by atoms with Crippen molar-refractivity contribution in [2.24, 2.45) is 5.92 Å². The van der Waals surface area contributed by atoms with Crippen molar-refractivity contribution in [3.63, 3.8) is 0 Å². The van der Waals surface area contributed by atoms with Crippen LogP contribution in [0.4, 0.5) is 20.4 Å². The van der Waals surface area contributed by atoms with Gasteiger partial charge < -0.3 is 15.0 Å². The summed E-state index contributed by atoms with van der Waals surface area (Å²) in [6, 6.07) is 3.31. The van der Waals surface area contributed by atoms with Crippen LogP contribution >= 0.6 is 11.6 Å². The van der Waals surface area contributed by atoms with Gasteiger partial charge in [-0.25, -0.2) is 13.8 Å². The monoisotopic (exact) mass is 489 g/mol. The number of carbonyl (C=O) groups excluding carboxylic acids is 1. The smallest absolute Gasteiger partial charge is 0.272 e. The van der Waals surface area contributed by atoms with Gasteiger partial charge in [-0.15, -0.1) is 0 Å². The van der Waals surface area contributed by atoms with Crippen molar-refractivity contribution in [1.29, 1.82) is 0 Å². The molecule has 7 nitrogen and oxygen atoms in total. The SMILES string of the molecule is Cc1ccnc(Cl)c1Nc1nc2nc(OCC(F)F)c(C(=O)/C=C/CC3CCCCC3)cc2[nH]1. The molecule has 0 radical (unpaired) electrons. The van der Waals surface area contributed by atoms with Crippen LogP contribution in [0, 0.1) is 12.8 Å². The zero-order chi connectivity index (χ0) is 24.1. The third kappa shape index (κ3) is 5.88. The molecule has 0 unspecified atom stereocenters. The summed E-state index contributed by atoms with van der Waals surface area (Å²) in [5.74, 6) is 0.369. The van der Waals surface area contributed by atoms with Crippen LogP contribution in [0.3, 0.4) is 0 Å². The van der Waals surface area contributed by atoms with E-state index < -0.39 is 13.0 Å². The minimum Gasteiger partial charge on any atom is -0.471 e. The Morgan fingerprint density at radius 3 is 2.85 bits per heavy atom. The van der Waals surface area contributed by atoms with Crippen molar-refractivity contribution in [2.45, 2.75) is 51.9 Å². The molecular weight excluding hydrogens is 464 g/mol. The van der Waals surface area contributed by atoms with Crippen LogP contribution in [0.15, 0.2) is 30.5 Å². The zero-order valence-electron chi connectivity index (χ0n) is 18.8. The lowest BCUT2D eigenvalue weighted by atomic mass is 9.87. The molecule has 2 N–H and O–H groups in total. The second kappa shape index (κ2) is 10.9. The number of hydrogen-bond donors (Lipinski definition) is 2. The van der Waals surface area contributed by atoms with Crippen LogP contribution in [-0.2, 0) is 0 Å². The molecule has 0 aromatic carbocycles. The predicted molar refractivity (Wildman–Crippen MR) is 127 cm³/mol. The fourth-order valence-electron chi connectivity index (χ4n) is 4.09. The highest BCUT2D eigenvalue weighted by atomic mass is 35.5. The average molecular weight is 490 g/mol. The molecule has 1 saturated carbocycles. The summed E-state index contributed by atoms with van der Waals surface area (Å²) in [5.41, 5.74) is 2.19. The number of nitrogens with one attached hydrogen (secondary N) is 2. The number of aromatic nitrogens is 4. The Balaban J connectivity index is 1.59. The fraction of sp³-hybridized carbons (Fsp3) is 0.417. The van der Waals surface area contributed by atoms with Crippen molar-refractivity contribution < 1.29 is 18.3 Å². The molecule has 1 aliphatic rings. The molecule has 3 aromatic heterocycles. The summed E-state index contributed by atoms with van der Waals surface area (Å²) in [7, 11) is 0. The molecule has 1 fully saturated rings. The van der Waals surface area contributed by atoms with Gasteiger partial charge in [-0.3, -0.25) is 4.79 Å². The first-order chi connectivity index (χ1) is 16.4. The molecule has 3 heterocycles. The highest BCUT2D eigenvalue weighted by Crippen LogP contribution is 2.29. The molecule has 0 spiro atoms. The summed E-state index contributed by atoms with van der Waals surface area (Å²) in [6.45, 7) is 0.994. The lowest BCUT2D eigenvalue weighted by Crippen LogP contribution is -2.11. The number of allylic oxidation sites excluding steroid dienone is 2. The van der Waals surface area contributed by atoms with Crippen molar-refractivity contribution in [3.05, 3.63) is 46.8 Å². The molecule has 1 aliphatic carbocycles. The largest absolute Gasteiger partial charge is 0.471 e. The topological polar surface area (TPSA) is 92.8 Å². The first kappa shape index (κ1) is 24.1. The summed E-state index contributed by atoms with van der Waals surface area (Å²) in [5, 5.41) is 3.33. The fourth-order valence-corrected chi connectivity index (χ4v) is 4.34. The molecule has 0 saturated heterocycles. The van der Waals surface area contributed by atoms with Crippen LogP contribution in [0.5, 0.6) is 5.88 Å². The molecular formula is C24H26ClF2N5O2. The first-order valence-corrected chi connectivity index (χ1v) is 11.7. The number of rotatable bonds is 9. The van der Waals surface area contributed by atoms with Crippen LogP contribution in [0.1, 0.15) is 54.4 Å². The number of ether oxygens (including phenoxy) is 1. The number of aromatic amines is 1. The van der Waals surface area contributed by atoms with Gasteiger partial charge in [0.25, 0.3) is 6.43 Å². The Bertz CT molecular complexity index is 1170. The molecule has 34 heavy (non-hydrogen) atoms. The van der Waals surface area contributed by atoms with E-state index in [0.717, 1.165) is 12.0 Å². The molecule has 0 bridgehead atoms. The number of pyridine rings is 2. The van der Waals surface area contributed by atoms with Gasteiger partial charge in [-0.05, 0) is 43.0 Å². The van der Waals surface area contributed by atoms with E-state index in [1.165, 1.54) is 44.2 Å². The maximum Gasteiger partial charge on any atom is 0.272 e. The molecule has 3 aromatic rings. The maximum atomic E-state index is 12.9. The highest BCUT2D eigenvalue weighted by Gasteiger charge is 2.19. The van der Waals surface area contributed by atoms with Gasteiger partial charge in [-0.2, -0.15) is 9.97 Å². The highest BCUT2D eigenvalue weighted by molar-refractivity contribution is 6.32. The number of carbonyl (C=O) groups is 1. The van der Waals surface area contributed by atoms with E-state index in [4.69, 9.17) is 16.3 Å². The number of halogens is 3. The van der Waals surface area contributed by atoms with Crippen molar-refractivity contribution in [1.82, 2.24) is 19.9 Å². The van der Waals surface area contributed by atoms with Gasteiger partial charge in [-0.1, -0.05) is 49.8 Å². The Hall–Kier alpha value is -3.07. The second-order valence-corrected chi connectivity index (χ2v) is 8.78. The Morgan fingerprint density at radius 2 is 2.12 bits per heavy atom. The standard InChI is InChI=1S/C24H26ClF2N5O2/c1-14-10-11-28-21(25)20(14)30-24-29-17-12-16(23(31-22(17)32-24)34-13-19(26)27)18(33)9-5-8-15-6-3-2-4-7-15/h5,9-12,15,19H,2-4,6-8,13H2,1H3,(H2,29,30,31,32)/b9-5+. The van der Waals surface area contributed by atoms with Crippen LogP contribution in [-0.4, -0.2) is 38.8 Å². The van der Waals surface area contributed by atoms with E-state index in [-0.39, 0.29) is 28.0 Å². The first-order valence-electron chi connectivity index (χ1n) is 11.3. The van der Waals surface area contributed by atoms with Crippen molar-refractivity contribution in [3.8, 4) is 5.88 Å². The number of H-pyrrole nitrogens is 1. The van der Waals surface area contributed by atoms with E-state index >= 15 is 0 Å². The van der Waals surface area contributed by atoms with Crippen LogP contribution in [0.2, 0.25) is 5.15 Å². The van der Waals surface area contributed by atoms with Crippen molar-refractivity contribution >= 4 is 40.2 Å². The Morgan fingerprint density at radius 1 is 1.32 bits per heavy atom. The van der Waals surface area contributed by atoms with Gasteiger partial charge in [0.05, 0.1) is 16.8 Å². The minimum absolute atomic E-state index is 0.0961. The van der Waals surface area contributed by atoms with Crippen LogP contribution in [0.25, 0.3) is 11.2 Å². The number of aryl methyl sites for hydroxylation is 1.